The Morgan fingerprint density at radius 3 is 2.70 bits per heavy atom. The Morgan fingerprint density at radius 1 is 1.45 bits per heavy atom. The van der Waals surface area contributed by atoms with Crippen molar-refractivity contribution in [1.29, 1.82) is 5.26 Å². The minimum atomic E-state index is -0.991. The molecular weight excluding hydrogens is 252 g/mol. The smallest absolute Gasteiger partial charge is 0.335 e. The van der Waals surface area contributed by atoms with E-state index in [2.05, 4.69) is 17.9 Å². The van der Waals surface area contributed by atoms with Gasteiger partial charge in [0.15, 0.2) is 0 Å². The van der Waals surface area contributed by atoms with Crippen LogP contribution in [0.25, 0.3) is 0 Å². The van der Waals surface area contributed by atoms with Gasteiger partial charge in [-0.25, -0.2) is 4.79 Å². The maximum atomic E-state index is 10.9. The van der Waals surface area contributed by atoms with Crippen molar-refractivity contribution in [2.75, 3.05) is 18.0 Å². The lowest BCUT2D eigenvalue weighted by atomic mass is 9.92. The quantitative estimate of drug-likeness (QED) is 0.913. The Bertz CT molecular complexity index is 526. The van der Waals surface area contributed by atoms with Crippen molar-refractivity contribution in [3.8, 4) is 6.07 Å². The van der Waals surface area contributed by atoms with Crippen molar-refractivity contribution in [3.63, 3.8) is 0 Å². The number of anilines is 1. The fourth-order valence-corrected chi connectivity index (χ4v) is 2.91. The van der Waals surface area contributed by atoms with Gasteiger partial charge in [0.1, 0.15) is 6.07 Å². The molecule has 0 saturated carbocycles. The van der Waals surface area contributed by atoms with Crippen molar-refractivity contribution in [2.24, 2.45) is 5.92 Å². The third kappa shape index (κ3) is 3.11. The molecule has 0 spiro atoms. The summed E-state index contributed by atoms with van der Waals surface area (Å²) in [5.74, 6) is -0.199. The summed E-state index contributed by atoms with van der Waals surface area (Å²) in [6.07, 6.45) is 4.80. The van der Waals surface area contributed by atoms with Crippen molar-refractivity contribution in [1.82, 2.24) is 0 Å². The third-order valence-electron chi connectivity index (χ3n) is 4.02. The summed E-state index contributed by atoms with van der Waals surface area (Å²) in [6, 6.07) is 6.93. The summed E-state index contributed by atoms with van der Waals surface area (Å²) in [7, 11) is 0. The standard InChI is InChI=1S/C16H20N2O2/c1-2-3-12-6-8-18(9-7-12)15-5-4-13(16(19)20)10-14(15)11-17/h4-5,10,12H,2-3,6-9H2,1H3,(H,19,20). The molecule has 0 aromatic heterocycles. The van der Waals surface area contributed by atoms with Crippen LogP contribution in [0.1, 0.15) is 48.5 Å². The molecule has 1 fully saturated rings. The number of hydrogen-bond donors (Lipinski definition) is 1. The van der Waals surface area contributed by atoms with Crippen LogP contribution in [0.5, 0.6) is 0 Å². The van der Waals surface area contributed by atoms with Crippen molar-refractivity contribution in [3.05, 3.63) is 29.3 Å². The molecule has 1 N–H and O–H groups in total. The van der Waals surface area contributed by atoms with E-state index in [1.807, 2.05) is 0 Å². The molecule has 4 nitrogen and oxygen atoms in total. The number of carboxylic acids is 1. The summed E-state index contributed by atoms with van der Waals surface area (Å²) in [5.41, 5.74) is 1.50. The zero-order valence-corrected chi connectivity index (χ0v) is 11.8. The van der Waals surface area contributed by atoms with Crippen molar-refractivity contribution in [2.45, 2.75) is 32.6 Å². The summed E-state index contributed by atoms with van der Waals surface area (Å²) < 4.78 is 0. The van der Waals surface area contributed by atoms with E-state index in [0.29, 0.717) is 5.56 Å². The highest BCUT2D eigenvalue weighted by Gasteiger charge is 2.21. The number of nitrogens with zero attached hydrogens (tertiary/aromatic N) is 2. The topological polar surface area (TPSA) is 64.3 Å². The second kappa shape index (κ2) is 6.42. The Morgan fingerprint density at radius 2 is 2.15 bits per heavy atom. The first-order valence-corrected chi connectivity index (χ1v) is 7.18. The highest BCUT2D eigenvalue weighted by atomic mass is 16.4. The summed E-state index contributed by atoms with van der Waals surface area (Å²) in [5, 5.41) is 18.2. The molecule has 1 aliphatic heterocycles. The molecule has 106 valence electrons. The predicted octanol–water partition coefficient (Wildman–Crippen LogP) is 3.27. The minimum absolute atomic E-state index is 0.172. The first-order valence-electron chi connectivity index (χ1n) is 7.18. The van der Waals surface area contributed by atoms with Crippen LogP contribution in [0.15, 0.2) is 18.2 Å². The van der Waals surface area contributed by atoms with Gasteiger partial charge in [-0.05, 0) is 37.0 Å². The van der Waals surface area contributed by atoms with Crippen LogP contribution in [0.3, 0.4) is 0 Å². The van der Waals surface area contributed by atoms with Crippen LogP contribution < -0.4 is 4.90 Å². The molecule has 0 amide bonds. The first-order chi connectivity index (χ1) is 9.65. The van der Waals surface area contributed by atoms with Crippen molar-refractivity contribution >= 4 is 11.7 Å². The molecule has 0 atom stereocenters. The molecule has 2 rings (SSSR count). The van der Waals surface area contributed by atoms with E-state index in [4.69, 9.17) is 5.11 Å². The Labute approximate surface area is 119 Å². The van der Waals surface area contributed by atoms with Crippen molar-refractivity contribution < 1.29 is 9.90 Å². The van der Waals surface area contributed by atoms with Gasteiger partial charge >= 0.3 is 5.97 Å². The molecular formula is C16H20N2O2. The molecule has 0 bridgehead atoms. The fourth-order valence-electron chi connectivity index (χ4n) is 2.91. The van der Waals surface area contributed by atoms with Gasteiger partial charge in [0.25, 0.3) is 0 Å². The third-order valence-corrected chi connectivity index (χ3v) is 4.02. The molecule has 1 heterocycles. The van der Waals surface area contributed by atoms with Gasteiger partial charge in [0.05, 0.1) is 16.8 Å². The van der Waals surface area contributed by atoms with Crippen LogP contribution in [0.4, 0.5) is 5.69 Å². The maximum Gasteiger partial charge on any atom is 0.335 e. The molecule has 1 aromatic carbocycles. The second-order valence-electron chi connectivity index (χ2n) is 5.37. The fraction of sp³-hybridized carbons (Fsp3) is 0.500. The second-order valence-corrected chi connectivity index (χ2v) is 5.37. The lowest BCUT2D eigenvalue weighted by molar-refractivity contribution is 0.0697. The van der Waals surface area contributed by atoms with E-state index in [1.54, 1.807) is 12.1 Å². The van der Waals surface area contributed by atoms with E-state index in [-0.39, 0.29) is 5.56 Å². The van der Waals surface area contributed by atoms with Gasteiger partial charge in [0.2, 0.25) is 0 Å². The van der Waals surface area contributed by atoms with Gasteiger partial charge in [-0.1, -0.05) is 19.8 Å². The maximum absolute atomic E-state index is 10.9. The van der Waals surface area contributed by atoms with E-state index < -0.39 is 5.97 Å². The first kappa shape index (κ1) is 14.4. The molecule has 4 heteroatoms. The Hall–Kier alpha value is -2.02. The van der Waals surface area contributed by atoms with Crippen LogP contribution in [0.2, 0.25) is 0 Å². The highest BCUT2D eigenvalue weighted by molar-refractivity contribution is 5.89. The van der Waals surface area contributed by atoms with Gasteiger partial charge in [-0.2, -0.15) is 5.26 Å². The molecule has 0 radical (unpaired) electrons. The van der Waals surface area contributed by atoms with E-state index in [9.17, 15) is 10.1 Å². The average Bonchev–Trinajstić information content (AvgIpc) is 2.47. The Kier molecular flexibility index (Phi) is 4.62. The number of aromatic carboxylic acids is 1. The molecule has 1 saturated heterocycles. The van der Waals surface area contributed by atoms with Gasteiger partial charge in [-0.15, -0.1) is 0 Å². The van der Waals surface area contributed by atoms with E-state index in [0.717, 1.165) is 37.5 Å². The van der Waals surface area contributed by atoms with Gasteiger partial charge in [-0.3, -0.25) is 0 Å². The number of carbonyl (C=O) groups is 1. The van der Waals surface area contributed by atoms with Gasteiger partial charge < -0.3 is 10.0 Å². The molecule has 20 heavy (non-hydrogen) atoms. The van der Waals surface area contributed by atoms with E-state index >= 15 is 0 Å². The molecule has 0 unspecified atom stereocenters. The molecule has 1 aromatic rings. The van der Waals surface area contributed by atoms with Crippen LogP contribution in [0, 0.1) is 17.2 Å². The lowest BCUT2D eigenvalue weighted by Gasteiger charge is -2.34. The minimum Gasteiger partial charge on any atom is -0.478 e. The van der Waals surface area contributed by atoms with Crippen LogP contribution >= 0.6 is 0 Å². The molecule has 0 aliphatic carbocycles. The normalized spacial score (nSPS) is 15.9. The highest BCUT2D eigenvalue weighted by Crippen LogP contribution is 2.28. The number of carboxylic acid groups (broad SMARTS) is 1. The van der Waals surface area contributed by atoms with Crippen LogP contribution in [-0.2, 0) is 0 Å². The molecule has 1 aliphatic rings. The average molecular weight is 272 g/mol. The monoisotopic (exact) mass is 272 g/mol. The Balaban J connectivity index is 2.14. The number of hydrogen-bond acceptors (Lipinski definition) is 3. The lowest BCUT2D eigenvalue weighted by Crippen LogP contribution is -2.34. The zero-order chi connectivity index (χ0) is 14.5. The van der Waals surface area contributed by atoms with Crippen LogP contribution in [-0.4, -0.2) is 24.2 Å². The number of piperidine rings is 1. The summed E-state index contributed by atoms with van der Waals surface area (Å²) >= 11 is 0. The predicted molar refractivity (Wildman–Crippen MR) is 78.0 cm³/mol. The van der Waals surface area contributed by atoms with E-state index in [1.165, 1.54) is 18.9 Å². The zero-order valence-electron chi connectivity index (χ0n) is 11.8. The number of nitriles is 1. The number of benzene rings is 1. The largest absolute Gasteiger partial charge is 0.478 e. The summed E-state index contributed by atoms with van der Waals surface area (Å²) in [6.45, 7) is 4.11. The van der Waals surface area contributed by atoms with Gasteiger partial charge in [0, 0.05) is 13.1 Å². The SMILES string of the molecule is CCCC1CCN(c2ccc(C(=O)O)cc2C#N)CC1. The summed E-state index contributed by atoms with van der Waals surface area (Å²) in [4.78, 5) is 13.2. The number of rotatable bonds is 4.